The van der Waals surface area contributed by atoms with Crippen LogP contribution in [0.25, 0.3) is 0 Å². The number of amides is 1. The molecule has 0 saturated heterocycles. The lowest BCUT2D eigenvalue weighted by molar-refractivity contribution is -0.174. The first-order valence-corrected chi connectivity index (χ1v) is 5.94. The lowest BCUT2D eigenvalue weighted by atomic mass is 10.0. The van der Waals surface area contributed by atoms with E-state index in [2.05, 4.69) is 15.9 Å². The van der Waals surface area contributed by atoms with Crippen molar-refractivity contribution in [1.29, 1.82) is 0 Å². The van der Waals surface area contributed by atoms with Crippen molar-refractivity contribution in [2.75, 3.05) is 6.61 Å². The number of halogens is 4. The summed E-state index contributed by atoms with van der Waals surface area (Å²) in [5.41, 5.74) is 0.767. The zero-order valence-electron chi connectivity index (χ0n) is 9.05. The highest BCUT2D eigenvalue weighted by molar-refractivity contribution is 9.10. The van der Waals surface area contributed by atoms with Gasteiger partial charge in [0.25, 0.3) is 0 Å². The minimum atomic E-state index is -4.86. The van der Waals surface area contributed by atoms with E-state index in [0.717, 1.165) is 10.0 Å². The fourth-order valence-electron chi connectivity index (χ4n) is 1.72. The van der Waals surface area contributed by atoms with E-state index in [-0.39, 0.29) is 6.61 Å². The largest absolute Gasteiger partial charge is 0.491 e. The van der Waals surface area contributed by atoms with Crippen LogP contribution in [0, 0.1) is 0 Å². The Balaban J connectivity index is 2.06. The highest BCUT2D eigenvalue weighted by atomic mass is 79.9. The van der Waals surface area contributed by atoms with Crippen LogP contribution >= 0.6 is 15.9 Å². The summed E-state index contributed by atoms with van der Waals surface area (Å²) in [6.07, 6.45) is -4.55. The molecule has 18 heavy (non-hydrogen) atoms. The summed E-state index contributed by atoms with van der Waals surface area (Å²) in [5.74, 6) is -1.30. The van der Waals surface area contributed by atoms with E-state index in [0.29, 0.717) is 12.2 Å². The molecule has 7 heteroatoms. The van der Waals surface area contributed by atoms with E-state index in [4.69, 9.17) is 4.74 Å². The number of fused-ring (bicyclic) bond motifs is 1. The van der Waals surface area contributed by atoms with E-state index in [1.165, 1.54) is 0 Å². The highest BCUT2D eigenvalue weighted by Gasteiger charge is 2.40. The molecule has 0 aliphatic carbocycles. The van der Waals surface area contributed by atoms with Crippen LogP contribution in [0.2, 0.25) is 0 Å². The SMILES string of the molecule is O=C(N[C@H]1COc2ccc(Br)cc2C1)C(F)(F)F. The van der Waals surface area contributed by atoms with Crippen LogP contribution in [-0.4, -0.2) is 24.7 Å². The van der Waals surface area contributed by atoms with Gasteiger partial charge in [0, 0.05) is 4.47 Å². The summed E-state index contributed by atoms with van der Waals surface area (Å²) in [6, 6.07) is 4.62. The van der Waals surface area contributed by atoms with Crippen molar-refractivity contribution in [1.82, 2.24) is 5.32 Å². The molecule has 0 fully saturated rings. The lowest BCUT2D eigenvalue weighted by Crippen LogP contribution is -2.47. The molecule has 1 N–H and O–H groups in total. The third-order valence-electron chi connectivity index (χ3n) is 2.52. The van der Waals surface area contributed by atoms with Crippen molar-refractivity contribution in [2.45, 2.75) is 18.6 Å². The maximum atomic E-state index is 12.1. The molecular formula is C11H9BrF3NO2. The van der Waals surface area contributed by atoms with Gasteiger partial charge in [-0.05, 0) is 30.2 Å². The predicted molar refractivity (Wildman–Crippen MR) is 61.3 cm³/mol. The molecule has 0 unspecified atom stereocenters. The van der Waals surface area contributed by atoms with Crippen LogP contribution in [0.3, 0.4) is 0 Å². The fraction of sp³-hybridized carbons (Fsp3) is 0.364. The average molecular weight is 324 g/mol. The Bertz CT molecular complexity index is 476. The number of carbonyl (C=O) groups is 1. The van der Waals surface area contributed by atoms with E-state index in [9.17, 15) is 18.0 Å². The van der Waals surface area contributed by atoms with Gasteiger partial charge in [0.1, 0.15) is 12.4 Å². The molecule has 0 radical (unpaired) electrons. The van der Waals surface area contributed by atoms with Crippen molar-refractivity contribution < 1.29 is 22.7 Å². The van der Waals surface area contributed by atoms with Gasteiger partial charge in [-0.2, -0.15) is 13.2 Å². The van der Waals surface area contributed by atoms with Gasteiger partial charge in [-0.15, -0.1) is 0 Å². The van der Waals surface area contributed by atoms with Crippen molar-refractivity contribution in [3.05, 3.63) is 28.2 Å². The molecule has 1 aromatic carbocycles. The maximum Gasteiger partial charge on any atom is 0.471 e. The van der Waals surface area contributed by atoms with Gasteiger partial charge in [0.2, 0.25) is 0 Å². The van der Waals surface area contributed by atoms with Gasteiger partial charge in [0.05, 0.1) is 6.04 Å². The highest BCUT2D eigenvalue weighted by Crippen LogP contribution is 2.28. The standard InChI is InChI=1S/C11H9BrF3NO2/c12-7-1-2-9-6(3-7)4-8(5-18-9)16-10(17)11(13,14)15/h1-3,8H,4-5H2,(H,16,17)/t8-/m1/s1. The number of benzene rings is 1. The monoisotopic (exact) mass is 323 g/mol. The summed E-state index contributed by atoms with van der Waals surface area (Å²) in [5, 5.41) is 1.91. The molecule has 2 rings (SSSR count). The van der Waals surface area contributed by atoms with Crippen LogP contribution in [-0.2, 0) is 11.2 Å². The van der Waals surface area contributed by atoms with Crippen LogP contribution < -0.4 is 10.1 Å². The molecule has 1 amide bonds. The van der Waals surface area contributed by atoms with Crippen molar-refractivity contribution in [2.24, 2.45) is 0 Å². The zero-order chi connectivity index (χ0) is 13.3. The molecule has 98 valence electrons. The third-order valence-corrected chi connectivity index (χ3v) is 3.01. The molecular weight excluding hydrogens is 315 g/mol. The van der Waals surface area contributed by atoms with E-state index < -0.39 is 18.1 Å². The van der Waals surface area contributed by atoms with Crippen LogP contribution in [0.4, 0.5) is 13.2 Å². The first-order valence-electron chi connectivity index (χ1n) is 5.15. The Morgan fingerprint density at radius 1 is 1.44 bits per heavy atom. The Morgan fingerprint density at radius 2 is 2.17 bits per heavy atom. The topological polar surface area (TPSA) is 38.3 Å². The number of carbonyl (C=O) groups excluding carboxylic acids is 1. The number of hydrogen-bond donors (Lipinski definition) is 1. The third kappa shape index (κ3) is 2.95. The lowest BCUT2D eigenvalue weighted by Gasteiger charge is -2.26. The molecule has 0 aromatic heterocycles. The summed E-state index contributed by atoms with van der Waals surface area (Å²) in [4.78, 5) is 10.8. The van der Waals surface area contributed by atoms with Gasteiger partial charge in [-0.25, -0.2) is 0 Å². The number of alkyl halides is 3. The molecule has 0 spiro atoms. The first kappa shape index (κ1) is 13.2. The van der Waals surface area contributed by atoms with E-state index in [1.807, 2.05) is 5.32 Å². The number of rotatable bonds is 1. The summed E-state index contributed by atoms with van der Waals surface area (Å²) >= 11 is 3.27. The van der Waals surface area contributed by atoms with Crippen LogP contribution in [0.1, 0.15) is 5.56 Å². The second-order valence-corrected chi connectivity index (χ2v) is 4.85. The van der Waals surface area contributed by atoms with Crippen molar-refractivity contribution in [3.8, 4) is 5.75 Å². The maximum absolute atomic E-state index is 12.1. The number of ether oxygens (including phenoxy) is 1. The predicted octanol–water partition coefficient (Wildman–Crippen LogP) is 2.43. The summed E-state index contributed by atoms with van der Waals surface area (Å²) in [7, 11) is 0. The molecule has 0 bridgehead atoms. The summed E-state index contributed by atoms with van der Waals surface area (Å²) in [6.45, 7) is 0.0381. The molecule has 3 nitrogen and oxygen atoms in total. The minimum absolute atomic E-state index is 0.0381. The van der Waals surface area contributed by atoms with Gasteiger partial charge in [-0.3, -0.25) is 4.79 Å². The normalized spacial score (nSPS) is 18.8. The van der Waals surface area contributed by atoms with Crippen LogP contribution in [0.15, 0.2) is 22.7 Å². The quantitative estimate of drug-likeness (QED) is 0.862. The molecule has 1 aliphatic rings. The Kier molecular flexibility index (Phi) is 3.52. The second-order valence-electron chi connectivity index (χ2n) is 3.94. The first-order chi connectivity index (χ1) is 8.36. The number of hydrogen-bond acceptors (Lipinski definition) is 2. The van der Waals surface area contributed by atoms with E-state index in [1.54, 1.807) is 18.2 Å². The van der Waals surface area contributed by atoms with Gasteiger partial charge < -0.3 is 10.1 Å². The van der Waals surface area contributed by atoms with E-state index >= 15 is 0 Å². The fourth-order valence-corrected chi connectivity index (χ4v) is 2.13. The summed E-state index contributed by atoms with van der Waals surface area (Å²) < 4.78 is 42.4. The van der Waals surface area contributed by atoms with Gasteiger partial charge in [0.15, 0.2) is 0 Å². The van der Waals surface area contributed by atoms with Gasteiger partial charge in [-0.1, -0.05) is 15.9 Å². The molecule has 1 atom stereocenters. The minimum Gasteiger partial charge on any atom is -0.491 e. The second kappa shape index (κ2) is 4.79. The smallest absolute Gasteiger partial charge is 0.471 e. The molecule has 1 aliphatic heterocycles. The Labute approximate surface area is 109 Å². The Morgan fingerprint density at radius 3 is 2.83 bits per heavy atom. The molecule has 0 saturated carbocycles. The zero-order valence-corrected chi connectivity index (χ0v) is 10.6. The molecule has 1 heterocycles. The van der Waals surface area contributed by atoms with Crippen LogP contribution in [0.5, 0.6) is 5.75 Å². The average Bonchev–Trinajstić information content (AvgIpc) is 2.27. The van der Waals surface area contributed by atoms with Crippen molar-refractivity contribution in [3.63, 3.8) is 0 Å². The van der Waals surface area contributed by atoms with Gasteiger partial charge >= 0.3 is 12.1 Å². The Hall–Kier alpha value is -1.24. The van der Waals surface area contributed by atoms with Crippen molar-refractivity contribution >= 4 is 21.8 Å². The molecule has 1 aromatic rings. The number of nitrogens with one attached hydrogen (secondary N) is 1.